The summed E-state index contributed by atoms with van der Waals surface area (Å²) in [6.45, 7) is 8.75. The number of hydrogen-bond donors (Lipinski definition) is 4. The van der Waals surface area contributed by atoms with Gasteiger partial charge >= 0.3 is 6.09 Å². The van der Waals surface area contributed by atoms with Gasteiger partial charge in [0.05, 0.1) is 0 Å². The molecule has 32 heavy (non-hydrogen) atoms. The van der Waals surface area contributed by atoms with E-state index in [9.17, 15) is 4.79 Å². The molecule has 1 aromatic heterocycles. The molecule has 1 aromatic carbocycles. The van der Waals surface area contributed by atoms with Crippen LogP contribution in [0.3, 0.4) is 0 Å². The largest absolute Gasteiger partial charge is 0.444 e. The normalized spacial score (nSPS) is 12.5. The average molecular weight is 557 g/mol. The number of aliphatic imine (C=N–C) groups is 1. The molecule has 2 rings (SSSR count). The molecule has 2 aromatic rings. The number of H-pyrrole nitrogens is 1. The third-order valence-corrected chi connectivity index (χ3v) is 4.44. The van der Waals surface area contributed by atoms with Crippen molar-refractivity contribution >= 4 is 36.0 Å². The summed E-state index contributed by atoms with van der Waals surface area (Å²) in [6, 6.07) is 8.11. The number of carbonyl (C=O) groups excluding carboxylic acids is 1. The van der Waals surface area contributed by atoms with Gasteiger partial charge in [-0.15, -0.1) is 24.0 Å². The van der Waals surface area contributed by atoms with Crippen LogP contribution in [0.15, 0.2) is 35.6 Å². The lowest BCUT2D eigenvalue weighted by molar-refractivity contribution is 0.0523. The molecular weight excluding hydrogens is 521 g/mol. The Morgan fingerprint density at radius 1 is 1.28 bits per heavy atom. The van der Waals surface area contributed by atoms with Crippen LogP contribution in [-0.4, -0.2) is 52.5 Å². The van der Waals surface area contributed by atoms with Gasteiger partial charge in [0.1, 0.15) is 11.9 Å². The molecule has 0 aliphatic rings. The second-order valence-corrected chi connectivity index (χ2v) is 8.33. The third kappa shape index (κ3) is 10.3. The minimum absolute atomic E-state index is 0. The van der Waals surface area contributed by atoms with E-state index in [1.54, 1.807) is 7.05 Å². The van der Waals surface area contributed by atoms with Crippen molar-refractivity contribution in [2.24, 2.45) is 4.99 Å². The second-order valence-electron chi connectivity index (χ2n) is 8.33. The number of hydrogen-bond acceptors (Lipinski definition) is 5. The zero-order valence-corrected chi connectivity index (χ0v) is 21.9. The highest BCUT2D eigenvalue weighted by atomic mass is 127. The molecule has 0 aliphatic heterocycles. The molecule has 1 unspecified atom stereocenters. The number of unbranched alkanes of at least 4 members (excludes halogenated alkanes) is 1. The van der Waals surface area contributed by atoms with Crippen LogP contribution in [0.1, 0.15) is 52.5 Å². The van der Waals surface area contributed by atoms with Crippen molar-refractivity contribution < 1.29 is 9.53 Å². The molecule has 0 saturated heterocycles. The summed E-state index contributed by atoms with van der Waals surface area (Å²) in [6.07, 6.45) is 4.11. The highest BCUT2D eigenvalue weighted by molar-refractivity contribution is 14.0. The van der Waals surface area contributed by atoms with E-state index in [2.05, 4.69) is 49.1 Å². The maximum Gasteiger partial charge on any atom is 0.407 e. The molecule has 4 N–H and O–H groups in total. The Morgan fingerprint density at radius 3 is 2.69 bits per heavy atom. The first-order valence-corrected chi connectivity index (χ1v) is 10.7. The van der Waals surface area contributed by atoms with Crippen molar-refractivity contribution in [1.29, 1.82) is 0 Å². The summed E-state index contributed by atoms with van der Waals surface area (Å²) in [5, 5.41) is 16.4. The number of rotatable bonds is 9. The molecule has 0 saturated carbocycles. The number of alkyl carbamates (subject to hydrolysis) is 1. The van der Waals surface area contributed by atoms with E-state index in [1.165, 1.54) is 6.33 Å². The standard InChI is InChI=1S/C22H35N7O2.HI/c1-6-7-11-18(14-25-21(30)31-22(2,3)4)28-20(23-5)24-13-16-9-8-10-17(12-16)19-26-15-27-29-19;/h8-10,12,15,18H,6-7,11,13-14H2,1-5H3,(H,25,30)(H2,23,24,28)(H,26,27,29);1H. The zero-order valence-electron chi connectivity index (χ0n) is 19.6. The number of nitrogens with one attached hydrogen (secondary N) is 4. The quantitative estimate of drug-likeness (QED) is 0.212. The van der Waals surface area contributed by atoms with Gasteiger partial charge in [-0.3, -0.25) is 10.1 Å². The molecule has 0 aliphatic carbocycles. The first kappa shape index (κ1) is 27.7. The Bertz CT molecular complexity index is 835. The summed E-state index contributed by atoms with van der Waals surface area (Å²) in [5.74, 6) is 1.41. The number of benzene rings is 1. The lowest BCUT2D eigenvalue weighted by atomic mass is 10.1. The summed E-state index contributed by atoms with van der Waals surface area (Å²) in [4.78, 5) is 20.5. The molecule has 0 bridgehead atoms. The number of aromatic nitrogens is 3. The minimum atomic E-state index is -0.520. The Kier molecular flexibility index (Phi) is 12.0. The van der Waals surface area contributed by atoms with Crippen molar-refractivity contribution in [2.45, 2.75) is 65.1 Å². The topological polar surface area (TPSA) is 116 Å². The molecule has 0 spiro atoms. The predicted molar refractivity (Wildman–Crippen MR) is 138 cm³/mol. The average Bonchev–Trinajstić information content (AvgIpc) is 3.26. The smallest absolute Gasteiger partial charge is 0.407 e. The fourth-order valence-corrected chi connectivity index (χ4v) is 2.94. The van der Waals surface area contributed by atoms with Crippen molar-refractivity contribution in [3.8, 4) is 11.4 Å². The van der Waals surface area contributed by atoms with Gasteiger partial charge in [0.15, 0.2) is 11.8 Å². The van der Waals surface area contributed by atoms with E-state index in [4.69, 9.17) is 4.74 Å². The SMILES string of the molecule is CCCCC(CNC(=O)OC(C)(C)C)NC(=NC)NCc1cccc(-c2ncn[nH]2)c1.I. The van der Waals surface area contributed by atoms with Gasteiger partial charge in [-0.05, 0) is 38.8 Å². The second kappa shape index (κ2) is 13.9. The van der Waals surface area contributed by atoms with Crippen LogP contribution in [0.4, 0.5) is 4.79 Å². The maximum atomic E-state index is 12.0. The van der Waals surface area contributed by atoms with Gasteiger partial charge in [-0.1, -0.05) is 38.0 Å². The Hall–Kier alpha value is -2.37. The number of guanidine groups is 1. The van der Waals surface area contributed by atoms with E-state index in [1.807, 2.05) is 39.0 Å². The van der Waals surface area contributed by atoms with Gasteiger partial charge in [-0.25, -0.2) is 9.78 Å². The van der Waals surface area contributed by atoms with Crippen LogP contribution >= 0.6 is 24.0 Å². The number of ether oxygens (including phenoxy) is 1. The Morgan fingerprint density at radius 2 is 2.06 bits per heavy atom. The molecule has 1 amide bonds. The first-order valence-electron chi connectivity index (χ1n) is 10.7. The molecular formula is C22H36IN7O2. The van der Waals surface area contributed by atoms with E-state index in [0.717, 1.165) is 36.2 Å². The maximum absolute atomic E-state index is 12.0. The van der Waals surface area contributed by atoms with Crippen LogP contribution in [0, 0.1) is 0 Å². The van der Waals surface area contributed by atoms with Gasteiger partial charge in [0.25, 0.3) is 0 Å². The van der Waals surface area contributed by atoms with E-state index >= 15 is 0 Å². The fraction of sp³-hybridized carbons (Fsp3) is 0.545. The van der Waals surface area contributed by atoms with E-state index < -0.39 is 11.7 Å². The lowest BCUT2D eigenvalue weighted by Gasteiger charge is -2.24. The van der Waals surface area contributed by atoms with Crippen molar-refractivity contribution in [1.82, 2.24) is 31.1 Å². The third-order valence-electron chi connectivity index (χ3n) is 4.44. The van der Waals surface area contributed by atoms with Crippen LogP contribution in [-0.2, 0) is 11.3 Å². The summed E-state index contributed by atoms with van der Waals surface area (Å²) in [5.41, 5.74) is 1.55. The Labute approximate surface area is 207 Å². The summed E-state index contributed by atoms with van der Waals surface area (Å²) >= 11 is 0. The van der Waals surface area contributed by atoms with E-state index in [-0.39, 0.29) is 30.0 Å². The molecule has 178 valence electrons. The highest BCUT2D eigenvalue weighted by Crippen LogP contribution is 2.15. The molecule has 0 fully saturated rings. The van der Waals surface area contributed by atoms with Gasteiger partial charge in [0, 0.05) is 31.7 Å². The monoisotopic (exact) mass is 557 g/mol. The van der Waals surface area contributed by atoms with Gasteiger partial charge in [-0.2, -0.15) is 5.10 Å². The number of amides is 1. The lowest BCUT2D eigenvalue weighted by Crippen LogP contribution is -2.48. The summed E-state index contributed by atoms with van der Waals surface area (Å²) < 4.78 is 5.34. The van der Waals surface area contributed by atoms with Gasteiger partial charge < -0.3 is 20.7 Å². The highest BCUT2D eigenvalue weighted by Gasteiger charge is 2.18. The molecule has 10 heteroatoms. The molecule has 9 nitrogen and oxygen atoms in total. The van der Waals surface area contributed by atoms with Gasteiger partial charge in [0.2, 0.25) is 0 Å². The van der Waals surface area contributed by atoms with Crippen molar-refractivity contribution in [2.75, 3.05) is 13.6 Å². The summed E-state index contributed by atoms with van der Waals surface area (Å²) in [7, 11) is 1.73. The van der Waals surface area contributed by atoms with Crippen molar-refractivity contribution in [3.63, 3.8) is 0 Å². The van der Waals surface area contributed by atoms with Crippen LogP contribution in [0.25, 0.3) is 11.4 Å². The van der Waals surface area contributed by atoms with Crippen molar-refractivity contribution in [3.05, 3.63) is 36.2 Å². The molecule has 1 atom stereocenters. The number of nitrogens with zero attached hydrogens (tertiary/aromatic N) is 3. The van der Waals surface area contributed by atoms with Crippen LogP contribution in [0.5, 0.6) is 0 Å². The van der Waals surface area contributed by atoms with Crippen LogP contribution in [0.2, 0.25) is 0 Å². The number of aromatic amines is 1. The minimum Gasteiger partial charge on any atom is -0.444 e. The molecule has 1 heterocycles. The Balaban J connectivity index is 0.00000512. The van der Waals surface area contributed by atoms with Crippen LogP contribution < -0.4 is 16.0 Å². The fourth-order valence-electron chi connectivity index (χ4n) is 2.94. The molecule has 0 radical (unpaired) electrons. The first-order chi connectivity index (χ1) is 14.8. The van der Waals surface area contributed by atoms with E-state index in [0.29, 0.717) is 19.0 Å². The zero-order chi connectivity index (χ0) is 22.7. The number of carbonyl (C=O) groups is 1. The predicted octanol–water partition coefficient (Wildman–Crippen LogP) is 3.84. The number of halogens is 1.